The van der Waals surface area contributed by atoms with Gasteiger partial charge in [0.25, 0.3) is 5.91 Å². The number of fused-ring (bicyclic) bond motifs is 2. The van der Waals surface area contributed by atoms with Crippen LogP contribution in [0.25, 0.3) is 0 Å². The minimum Gasteiger partial charge on any atom is -0.337 e. The third kappa shape index (κ3) is 2.88. The molecule has 1 aliphatic carbocycles. The van der Waals surface area contributed by atoms with E-state index in [4.69, 9.17) is 0 Å². The fraction of sp³-hybridized carbons (Fsp3) is 0.526. The molecule has 9 heteroatoms. The number of nitrogens with one attached hydrogen (secondary N) is 1. The molecule has 0 saturated carbocycles. The Balaban J connectivity index is 1.53. The first-order chi connectivity index (χ1) is 13.3. The van der Waals surface area contributed by atoms with Gasteiger partial charge in [-0.3, -0.25) is 14.5 Å². The van der Waals surface area contributed by atoms with Crippen LogP contribution >= 0.6 is 0 Å². The highest BCUT2D eigenvalue weighted by molar-refractivity contribution is 7.91. The number of hydrogen-bond acceptors (Lipinski definition) is 5. The maximum Gasteiger partial charge on any atom is 0.325 e. The van der Waals surface area contributed by atoms with Crippen molar-refractivity contribution < 1.29 is 22.8 Å². The summed E-state index contributed by atoms with van der Waals surface area (Å²) in [5.74, 6) is -0.823. The zero-order valence-corrected chi connectivity index (χ0v) is 16.5. The van der Waals surface area contributed by atoms with Crippen molar-refractivity contribution in [3.8, 4) is 0 Å². The second-order valence-electron chi connectivity index (χ2n) is 7.62. The number of carbonyl (C=O) groups is 3. The Kier molecular flexibility index (Phi) is 4.45. The lowest BCUT2D eigenvalue weighted by Gasteiger charge is -2.28. The van der Waals surface area contributed by atoms with Crippen LogP contribution in [0.15, 0.2) is 24.3 Å². The molecule has 1 N–H and O–H groups in total. The number of aryl methyl sites for hydroxylation is 1. The van der Waals surface area contributed by atoms with Crippen molar-refractivity contribution in [3.05, 3.63) is 35.4 Å². The van der Waals surface area contributed by atoms with E-state index < -0.39 is 39.3 Å². The number of imide groups is 1. The van der Waals surface area contributed by atoms with Crippen LogP contribution in [0.1, 0.15) is 30.9 Å². The topological polar surface area (TPSA) is 104 Å². The van der Waals surface area contributed by atoms with E-state index in [-0.39, 0.29) is 18.1 Å². The quantitative estimate of drug-likeness (QED) is 0.731. The molecule has 2 aliphatic heterocycles. The highest BCUT2D eigenvalue weighted by Gasteiger charge is 2.55. The third-order valence-corrected chi connectivity index (χ3v) is 7.78. The summed E-state index contributed by atoms with van der Waals surface area (Å²) in [5, 5.41) is 2.80. The van der Waals surface area contributed by atoms with Crippen molar-refractivity contribution in [3.63, 3.8) is 0 Å². The SMILES string of the molecule is CCN(C(=O)CN1C(=O)N[C@@]2(CCc3ccccc32)C1=O)[C@@H]1CCS(=O)(=O)C1. The van der Waals surface area contributed by atoms with Crippen LogP contribution in [0.5, 0.6) is 0 Å². The molecule has 0 radical (unpaired) electrons. The molecular weight excluding hydrogens is 382 g/mol. The van der Waals surface area contributed by atoms with Crippen molar-refractivity contribution in [2.75, 3.05) is 24.6 Å². The maximum absolute atomic E-state index is 13.1. The molecule has 4 amide bonds. The lowest BCUT2D eigenvalue weighted by molar-refractivity contribution is -0.140. The van der Waals surface area contributed by atoms with Crippen LogP contribution in [-0.2, 0) is 31.4 Å². The normalized spacial score (nSPS) is 27.9. The maximum atomic E-state index is 13.1. The van der Waals surface area contributed by atoms with Crippen molar-refractivity contribution in [1.82, 2.24) is 15.1 Å². The first kappa shape index (κ1) is 18.9. The average Bonchev–Trinajstić information content (AvgIpc) is 3.27. The van der Waals surface area contributed by atoms with E-state index in [1.165, 1.54) is 4.90 Å². The van der Waals surface area contributed by atoms with Gasteiger partial charge < -0.3 is 10.2 Å². The third-order valence-electron chi connectivity index (χ3n) is 6.03. The molecular formula is C19H23N3O5S. The van der Waals surface area contributed by atoms with Gasteiger partial charge in [-0.15, -0.1) is 0 Å². The number of hydrogen-bond donors (Lipinski definition) is 1. The molecule has 1 spiro atoms. The van der Waals surface area contributed by atoms with Crippen molar-refractivity contribution >= 4 is 27.7 Å². The minimum absolute atomic E-state index is 0.0600. The van der Waals surface area contributed by atoms with E-state index in [2.05, 4.69) is 5.32 Å². The summed E-state index contributed by atoms with van der Waals surface area (Å²) < 4.78 is 23.5. The molecule has 1 aromatic carbocycles. The smallest absolute Gasteiger partial charge is 0.325 e. The van der Waals surface area contributed by atoms with E-state index in [1.54, 1.807) is 6.92 Å². The minimum atomic E-state index is -3.14. The van der Waals surface area contributed by atoms with Crippen LogP contribution in [-0.4, -0.2) is 66.7 Å². The van der Waals surface area contributed by atoms with Crippen molar-refractivity contribution in [1.29, 1.82) is 0 Å². The van der Waals surface area contributed by atoms with Gasteiger partial charge in [0, 0.05) is 12.6 Å². The van der Waals surface area contributed by atoms with E-state index in [9.17, 15) is 22.8 Å². The first-order valence-electron chi connectivity index (χ1n) is 9.50. The monoisotopic (exact) mass is 405 g/mol. The molecule has 28 heavy (non-hydrogen) atoms. The Morgan fingerprint density at radius 3 is 2.75 bits per heavy atom. The van der Waals surface area contributed by atoms with Crippen LogP contribution in [0.4, 0.5) is 4.79 Å². The molecule has 150 valence electrons. The van der Waals surface area contributed by atoms with Gasteiger partial charge in [0.05, 0.1) is 11.5 Å². The second-order valence-corrected chi connectivity index (χ2v) is 9.85. The Morgan fingerprint density at radius 2 is 2.07 bits per heavy atom. The molecule has 0 unspecified atom stereocenters. The summed E-state index contributed by atoms with van der Waals surface area (Å²) in [6.07, 6.45) is 1.55. The van der Waals surface area contributed by atoms with E-state index >= 15 is 0 Å². The lowest BCUT2D eigenvalue weighted by atomic mass is 9.92. The van der Waals surface area contributed by atoms with Gasteiger partial charge in [0.1, 0.15) is 12.1 Å². The van der Waals surface area contributed by atoms with Gasteiger partial charge in [0.2, 0.25) is 5.91 Å². The van der Waals surface area contributed by atoms with Crippen LogP contribution in [0.3, 0.4) is 0 Å². The number of nitrogens with zero attached hydrogens (tertiary/aromatic N) is 2. The lowest BCUT2D eigenvalue weighted by Crippen LogP contribution is -2.48. The standard InChI is InChI=1S/C19H23N3O5S/c1-2-21(14-8-10-28(26,27)12-14)16(23)11-22-17(24)19(20-18(22)25)9-7-13-5-3-4-6-15(13)19/h3-6,14H,2,7-12H2,1H3,(H,20,25)/t14-,19-/m1/s1. The van der Waals surface area contributed by atoms with Crippen molar-refractivity contribution in [2.45, 2.75) is 37.8 Å². The average molecular weight is 405 g/mol. The summed E-state index contributed by atoms with van der Waals surface area (Å²) in [5.41, 5.74) is 0.718. The number of rotatable bonds is 4. The Hall–Kier alpha value is -2.42. The molecule has 2 fully saturated rings. The number of amides is 4. The van der Waals surface area contributed by atoms with E-state index in [1.807, 2.05) is 24.3 Å². The predicted octanol–water partition coefficient (Wildman–Crippen LogP) is 0.416. The zero-order valence-electron chi connectivity index (χ0n) is 15.7. The van der Waals surface area contributed by atoms with Gasteiger partial charge in [-0.25, -0.2) is 13.2 Å². The molecule has 4 rings (SSSR count). The summed E-state index contributed by atoms with van der Waals surface area (Å²) in [6.45, 7) is 1.72. The summed E-state index contributed by atoms with van der Waals surface area (Å²) >= 11 is 0. The Labute approximate surface area is 163 Å². The number of carbonyl (C=O) groups excluding carboxylic acids is 3. The van der Waals surface area contributed by atoms with Gasteiger partial charge in [0.15, 0.2) is 9.84 Å². The van der Waals surface area contributed by atoms with Crippen LogP contribution in [0, 0.1) is 0 Å². The highest BCUT2D eigenvalue weighted by Crippen LogP contribution is 2.41. The molecule has 2 saturated heterocycles. The molecule has 0 bridgehead atoms. The number of sulfone groups is 1. The fourth-order valence-electron chi connectivity index (χ4n) is 4.62. The van der Waals surface area contributed by atoms with Gasteiger partial charge in [-0.2, -0.15) is 0 Å². The number of benzene rings is 1. The summed E-state index contributed by atoms with van der Waals surface area (Å²) in [6, 6.07) is 6.53. The largest absolute Gasteiger partial charge is 0.337 e. The second kappa shape index (κ2) is 6.58. The molecule has 2 atom stereocenters. The molecule has 2 heterocycles. The Morgan fingerprint density at radius 1 is 1.32 bits per heavy atom. The van der Waals surface area contributed by atoms with E-state index in [0.717, 1.165) is 16.0 Å². The first-order valence-corrected chi connectivity index (χ1v) is 11.3. The van der Waals surface area contributed by atoms with Crippen LogP contribution < -0.4 is 5.32 Å². The Bertz CT molecular complexity index is 960. The van der Waals surface area contributed by atoms with Crippen LogP contribution in [0.2, 0.25) is 0 Å². The zero-order chi connectivity index (χ0) is 20.1. The molecule has 3 aliphatic rings. The van der Waals surface area contributed by atoms with E-state index in [0.29, 0.717) is 25.8 Å². The summed E-state index contributed by atoms with van der Waals surface area (Å²) in [7, 11) is -3.14. The fourth-order valence-corrected chi connectivity index (χ4v) is 6.35. The van der Waals surface area contributed by atoms with Crippen molar-refractivity contribution in [2.24, 2.45) is 0 Å². The highest BCUT2D eigenvalue weighted by atomic mass is 32.2. The van der Waals surface area contributed by atoms with Gasteiger partial charge >= 0.3 is 6.03 Å². The molecule has 0 aromatic heterocycles. The number of urea groups is 1. The molecule has 8 nitrogen and oxygen atoms in total. The predicted molar refractivity (Wildman–Crippen MR) is 101 cm³/mol. The van der Waals surface area contributed by atoms with Gasteiger partial charge in [-0.05, 0) is 37.3 Å². The summed E-state index contributed by atoms with van der Waals surface area (Å²) in [4.78, 5) is 41.0. The number of likely N-dealkylation sites (N-methyl/N-ethyl adjacent to an activating group) is 1. The van der Waals surface area contributed by atoms with Gasteiger partial charge in [-0.1, -0.05) is 24.3 Å². The molecule has 1 aromatic rings.